The number of hydrogen-bond donors (Lipinski definition) is 3. The summed E-state index contributed by atoms with van der Waals surface area (Å²) >= 11 is 0. The van der Waals surface area contributed by atoms with Crippen molar-refractivity contribution in [3.05, 3.63) is 24.3 Å². The van der Waals surface area contributed by atoms with Crippen LogP contribution in [0.15, 0.2) is 24.3 Å². The van der Waals surface area contributed by atoms with Gasteiger partial charge < -0.3 is 10.5 Å². The van der Waals surface area contributed by atoms with E-state index in [2.05, 4.69) is 4.72 Å². The van der Waals surface area contributed by atoms with Crippen molar-refractivity contribution in [3.8, 4) is 5.75 Å². The molecule has 0 aliphatic rings. The number of hydrogen-bond acceptors (Lipinski definition) is 4. The van der Waals surface area contributed by atoms with Gasteiger partial charge in [0.15, 0.2) is 0 Å². The number of ether oxygens (including phenoxy) is 1. The predicted molar refractivity (Wildman–Crippen MR) is 62.3 cm³/mol. The summed E-state index contributed by atoms with van der Waals surface area (Å²) in [5, 5.41) is 6.98. The van der Waals surface area contributed by atoms with Crippen molar-refractivity contribution in [2.24, 2.45) is 5.73 Å². The summed E-state index contributed by atoms with van der Waals surface area (Å²) in [6, 6.07) is 6.41. The Morgan fingerprint density at radius 1 is 1.56 bits per heavy atom. The Hall–Kier alpha value is -1.76. The second kappa shape index (κ2) is 4.84. The van der Waals surface area contributed by atoms with Crippen LogP contribution in [0.5, 0.6) is 5.75 Å². The molecular weight excluding hydrogens is 230 g/mol. The van der Waals surface area contributed by atoms with Crippen LogP contribution < -0.4 is 15.2 Å². The molecule has 0 spiro atoms. The van der Waals surface area contributed by atoms with Crippen LogP contribution in [-0.2, 0) is 10.0 Å². The maximum absolute atomic E-state index is 11.0. The van der Waals surface area contributed by atoms with E-state index in [0.29, 0.717) is 11.4 Å². The molecule has 1 aromatic carbocycles. The topological polar surface area (TPSA) is 105 Å². The van der Waals surface area contributed by atoms with Gasteiger partial charge in [0.1, 0.15) is 18.2 Å². The van der Waals surface area contributed by atoms with Crippen LogP contribution in [0.4, 0.5) is 5.69 Å². The predicted octanol–water partition coefficient (Wildman–Crippen LogP) is 0.373. The molecule has 0 amide bonds. The number of benzene rings is 1. The van der Waals surface area contributed by atoms with E-state index >= 15 is 0 Å². The Balaban J connectivity index is 2.75. The lowest BCUT2D eigenvalue weighted by Crippen LogP contribution is -2.19. The van der Waals surface area contributed by atoms with Gasteiger partial charge in [-0.1, -0.05) is 6.07 Å². The monoisotopic (exact) mass is 243 g/mol. The van der Waals surface area contributed by atoms with Gasteiger partial charge in [0.05, 0.1) is 11.9 Å². The quantitative estimate of drug-likeness (QED) is 0.513. The molecule has 88 valence electrons. The van der Waals surface area contributed by atoms with Crippen LogP contribution in [0.3, 0.4) is 0 Å². The lowest BCUT2D eigenvalue weighted by molar-refractivity contribution is 0.374. The second-order valence-corrected chi connectivity index (χ2v) is 4.96. The minimum absolute atomic E-state index is 0.0255. The number of nitrogens with one attached hydrogen (secondary N) is 2. The van der Waals surface area contributed by atoms with Gasteiger partial charge in [-0.3, -0.25) is 10.1 Å². The minimum Gasteiger partial charge on any atom is -0.486 e. The van der Waals surface area contributed by atoms with Crippen molar-refractivity contribution in [3.63, 3.8) is 0 Å². The first kappa shape index (κ1) is 12.3. The Morgan fingerprint density at radius 3 is 2.81 bits per heavy atom. The maximum Gasteiger partial charge on any atom is 0.229 e. The first-order valence-corrected chi connectivity index (χ1v) is 6.29. The number of anilines is 1. The average Bonchev–Trinajstić information content (AvgIpc) is 2.12. The first-order chi connectivity index (χ1) is 7.37. The summed E-state index contributed by atoms with van der Waals surface area (Å²) in [5.74, 6) is 0.352. The van der Waals surface area contributed by atoms with Crippen molar-refractivity contribution in [1.82, 2.24) is 0 Å². The molecule has 0 bridgehead atoms. The van der Waals surface area contributed by atoms with Crippen LogP contribution in [0.25, 0.3) is 0 Å². The van der Waals surface area contributed by atoms with E-state index in [1.165, 1.54) is 6.07 Å². The highest BCUT2D eigenvalue weighted by atomic mass is 32.2. The molecule has 0 saturated carbocycles. The molecule has 0 aliphatic carbocycles. The first-order valence-electron chi connectivity index (χ1n) is 4.40. The summed E-state index contributed by atoms with van der Waals surface area (Å²) < 4.78 is 29.4. The number of amidine groups is 1. The normalized spacial score (nSPS) is 10.8. The van der Waals surface area contributed by atoms with E-state index in [1.54, 1.807) is 18.2 Å². The number of rotatable bonds is 5. The van der Waals surface area contributed by atoms with Crippen LogP contribution >= 0.6 is 0 Å². The van der Waals surface area contributed by atoms with Crippen molar-refractivity contribution in [2.45, 2.75) is 0 Å². The zero-order valence-corrected chi connectivity index (χ0v) is 9.54. The standard InChI is InChI=1S/C9H13N3O3S/c1-16(13,14)12-7-3-2-4-8(5-7)15-6-9(10)11/h2-5,12H,6H2,1H3,(H3,10,11). The van der Waals surface area contributed by atoms with Gasteiger partial charge >= 0.3 is 0 Å². The zero-order valence-electron chi connectivity index (χ0n) is 8.73. The molecule has 1 aromatic rings. The van der Waals surface area contributed by atoms with Crippen LogP contribution in [0.1, 0.15) is 0 Å². The summed E-state index contributed by atoms with van der Waals surface area (Å²) in [7, 11) is -3.30. The molecule has 0 aromatic heterocycles. The molecule has 0 fully saturated rings. The van der Waals surface area contributed by atoms with E-state index in [4.69, 9.17) is 15.9 Å². The summed E-state index contributed by atoms with van der Waals surface area (Å²) in [6.45, 7) is -0.0255. The third-order valence-electron chi connectivity index (χ3n) is 1.53. The van der Waals surface area contributed by atoms with Gasteiger partial charge in [-0.15, -0.1) is 0 Å². The minimum atomic E-state index is -3.30. The third-order valence-corrected chi connectivity index (χ3v) is 2.14. The lowest BCUT2D eigenvalue weighted by atomic mass is 10.3. The Labute approximate surface area is 94.0 Å². The molecule has 7 heteroatoms. The summed E-state index contributed by atoms with van der Waals surface area (Å²) in [4.78, 5) is 0. The molecule has 0 saturated heterocycles. The van der Waals surface area contributed by atoms with Crippen LogP contribution in [0.2, 0.25) is 0 Å². The molecule has 0 heterocycles. The van der Waals surface area contributed by atoms with E-state index in [1.807, 2.05) is 0 Å². The molecule has 0 unspecified atom stereocenters. The second-order valence-electron chi connectivity index (χ2n) is 3.22. The molecule has 0 aliphatic heterocycles. The number of nitrogens with two attached hydrogens (primary N) is 1. The molecule has 1 rings (SSSR count). The van der Waals surface area contributed by atoms with E-state index < -0.39 is 10.0 Å². The summed E-state index contributed by atoms with van der Waals surface area (Å²) in [6.07, 6.45) is 1.07. The van der Waals surface area contributed by atoms with Gasteiger partial charge in [0, 0.05) is 6.07 Å². The Morgan fingerprint density at radius 2 is 2.25 bits per heavy atom. The SMILES string of the molecule is CS(=O)(=O)Nc1cccc(OCC(=N)N)c1. The van der Waals surface area contributed by atoms with Crippen LogP contribution in [0, 0.1) is 5.41 Å². The maximum atomic E-state index is 11.0. The van der Waals surface area contributed by atoms with Gasteiger partial charge in [-0.25, -0.2) is 8.42 Å². The van der Waals surface area contributed by atoms with Crippen molar-refractivity contribution < 1.29 is 13.2 Å². The summed E-state index contributed by atoms with van der Waals surface area (Å²) in [5.41, 5.74) is 5.53. The zero-order chi connectivity index (χ0) is 12.2. The molecular formula is C9H13N3O3S. The fourth-order valence-corrected chi connectivity index (χ4v) is 1.58. The largest absolute Gasteiger partial charge is 0.486 e. The molecule has 4 N–H and O–H groups in total. The molecule has 16 heavy (non-hydrogen) atoms. The molecule has 0 atom stereocenters. The van der Waals surface area contributed by atoms with Gasteiger partial charge in [0.2, 0.25) is 10.0 Å². The highest BCUT2D eigenvalue weighted by Crippen LogP contribution is 2.17. The van der Waals surface area contributed by atoms with Crippen molar-refractivity contribution >= 4 is 21.5 Å². The molecule has 0 radical (unpaired) electrons. The Bertz CT molecular complexity index is 485. The smallest absolute Gasteiger partial charge is 0.229 e. The highest BCUT2D eigenvalue weighted by molar-refractivity contribution is 7.92. The number of sulfonamides is 1. The van der Waals surface area contributed by atoms with Crippen molar-refractivity contribution in [1.29, 1.82) is 5.41 Å². The van der Waals surface area contributed by atoms with E-state index in [0.717, 1.165) is 6.26 Å². The molecule has 6 nitrogen and oxygen atoms in total. The lowest BCUT2D eigenvalue weighted by Gasteiger charge is -2.07. The van der Waals surface area contributed by atoms with E-state index in [-0.39, 0.29) is 12.4 Å². The van der Waals surface area contributed by atoms with E-state index in [9.17, 15) is 8.42 Å². The van der Waals surface area contributed by atoms with Crippen molar-refractivity contribution in [2.75, 3.05) is 17.6 Å². The highest BCUT2D eigenvalue weighted by Gasteiger charge is 2.03. The fourth-order valence-electron chi connectivity index (χ4n) is 1.02. The van der Waals surface area contributed by atoms with Gasteiger partial charge in [-0.2, -0.15) is 0 Å². The average molecular weight is 243 g/mol. The van der Waals surface area contributed by atoms with Gasteiger partial charge in [0.25, 0.3) is 0 Å². The fraction of sp³-hybridized carbons (Fsp3) is 0.222. The van der Waals surface area contributed by atoms with Crippen LogP contribution in [-0.4, -0.2) is 27.1 Å². The Kier molecular flexibility index (Phi) is 3.73. The van der Waals surface area contributed by atoms with Gasteiger partial charge in [-0.05, 0) is 12.1 Å². The third kappa shape index (κ3) is 4.65.